The summed E-state index contributed by atoms with van der Waals surface area (Å²) in [4.78, 5) is 17.1. The van der Waals surface area contributed by atoms with Gasteiger partial charge in [0.05, 0.1) is 17.7 Å². The van der Waals surface area contributed by atoms with Gasteiger partial charge < -0.3 is 4.90 Å². The van der Waals surface area contributed by atoms with Crippen LogP contribution in [0, 0.1) is 23.0 Å². The zero-order valence-corrected chi connectivity index (χ0v) is 18.1. The Bertz CT molecular complexity index is 1320. The van der Waals surface area contributed by atoms with E-state index in [9.17, 15) is 13.6 Å². The zero-order chi connectivity index (χ0) is 23.7. The van der Waals surface area contributed by atoms with Crippen LogP contribution in [-0.4, -0.2) is 57.0 Å². The average Bonchev–Trinajstić information content (AvgIpc) is 3.29. The van der Waals surface area contributed by atoms with Gasteiger partial charge in [-0.25, -0.2) is 13.6 Å². The number of hydrogen-bond donors (Lipinski definition) is 0. The number of halogens is 2. The molecule has 34 heavy (non-hydrogen) atoms. The molecule has 0 aliphatic carbocycles. The molecule has 170 valence electrons. The number of hydrogen-bond acceptors (Lipinski definition) is 5. The number of rotatable bonds is 3. The zero-order valence-electron chi connectivity index (χ0n) is 18.1. The first-order valence-corrected chi connectivity index (χ1v) is 10.8. The molecule has 1 aliphatic heterocycles. The van der Waals surface area contributed by atoms with E-state index in [0.29, 0.717) is 42.8 Å². The van der Waals surface area contributed by atoms with Gasteiger partial charge >= 0.3 is 6.03 Å². The lowest BCUT2D eigenvalue weighted by molar-refractivity contribution is 0.120. The summed E-state index contributed by atoms with van der Waals surface area (Å²) in [5.41, 5.74) is 3.23. The van der Waals surface area contributed by atoms with Gasteiger partial charge in [-0.2, -0.15) is 9.94 Å². The van der Waals surface area contributed by atoms with Crippen LogP contribution in [0.3, 0.4) is 0 Å². The number of piperazine rings is 1. The average molecular weight is 458 g/mol. The number of nitriles is 1. The molecule has 7 nitrogen and oxygen atoms in total. The molecular weight excluding hydrogens is 438 g/mol. The predicted octanol–water partition coefficient (Wildman–Crippen LogP) is 3.96. The van der Waals surface area contributed by atoms with E-state index in [4.69, 9.17) is 5.26 Å². The topological polar surface area (TPSA) is 78.0 Å². The van der Waals surface area contributed by atoms with Crippen LogP contribution >= 0.6 is 0 Å². The van der Waals surface area contributed by atoms with Crippen LogP contribution < -0.4 is 0 Å². The molecule has 0 radical (unpaired) electrons. The number of aromatic nitrogens is 3. The summed E-state index contributed by atoms with van der Waals surface area (Å²) in [6, 6.07) is 19.0. The van der Waals surface area contributed by atoms with Gasteiger partial charge in [0.15, 0.2) is 0 Å². The largest absolute Gasteiger partial charge is 0.346 e. The molecule has 1 amide bonds. The molecule has 0 saturated carbocycles. The lowest BCUT2D eigenvalue weighted by Gasteiger charge is -2.39. The predicted molar refractivity (Wildman–Crippen MR) is 121 cm³/mol. The molecule has 1 fully saturated rings. The summed E-state index contributed by atoms with van der Waals surface area (Å²) < 4.78 is 28.3. The third kappa shape index (κ3) is 4.11. The third-order valence-electron chi connectivity index (χ3n) is 6.08. The lowest BCUT2D eigenvalue weighted by atomic mass is 9.96. The Labute approximate surface area is 194 Å². The number of benzene rings is 3. The van der Waals surface area contributed by atoms with Crippen molar-refractivity contribution < 1.29 is 13.6 Å². The molecule has 1 aromatic heterocycles. The molecule has 0 unspecified atom stereocenters. The van der Waals surface area contributed by atoms with Crippen molar-refractivity contribution in [3.05, 3.63) is 95.1 Å². The highest BCUT2D eigenvalue weighted by molar-refractivity contribution is 5.88. The summed E-state index contributed by atoms with van der Waals surface area (Å²) in [7, 11) is 0. The molecule has 4 aromatic rings. The van der Waals surface area contributed by atoms with Gasteiger partial charge in [-0.3, -0.25) is 4.90 Å². The Morgan fingerprint density at radius 3 is 2.03 bits per heavy atom. The normalized spacial score (nSPS) is 14.5. The molecule has 0 spiro atoms. The van der Waals surface area contributed by atoms with E-state index in [0.717, 1.165) is 11.1 Å². The first kappa shape index (κ1) is 21.7. The van der Waals surface area contributed by atoms with Crippen molar-refractivity contribution in [2.24, 2.45) is 0 Å². The van der Waals surface area contributed by atoms with E-state index in [1.54, 1.807) is 47.4 Å². The minimum absolute atomic E-state index is 0.205. The van der Waals surface area contributed by atoms with Gasteiger partial charge in [0.2, 0.25) is 0 Å². The quantitative estimate of drug-likeness (QED) is 0.465. The van der Waals surface area contributed by atoms with E-state index in [-0.39, 0.29) is 23.7 Å². The standard InChI is InChI=1S/C25H20F2N6O/c26-20-6-2-18(3-7-20)24(19-4-8-21(27)9-5-19)31-11-13-32(14-12-31)25(34)33-23-15-17(16-28)1-10-22(23)29-30-33/h1-10,15,24H,11-14H2. The summed E-state index contributed by atoms with van der Waals surface area (Å²) in [5.74, 6) is -0.645. The minimum atomic E-state index is -0.323. The first-order chi connectivity index (χ1) is 16.5. The van der Waals surface area contributed by atoms with Gasteiger partial charge in [0.25, 0.3) is 0 Å². The van der Waals surface area contributed by atoms with Crippen molar-refractivity contribution in [2.45, 2.75) is 6.04 Å². The second-order valence-electron chi connectivity index (χ2n) is 8.13. The van der Waals surface area contributed by atoms with Crippen molar-refractivity contribution in [2.75, 3.05) is 26.2 Å². The fraction of sp³-hybridized carbons (Fsp3) is 0.200. The number of carbonyl (C=O) groups excluding carboxylic acids is 1. The number of nitrogens with zero attached hydrogens (tertiary/aromatic N) is 6. The monoisotopic (exact) mass is 458 g/mol. The maximum atomic E-state index is 13.5. The summed E-state index contributed by atoms with van der Waals surface area (Å²) in [5, 5.41) is 17.2. The second-order valence-corrected chi connectivity index (χ2v) is 8.13. The van der Waals surface area contributed by atoms with Gasteiger partial charge in [-0.15, -0.1) is 5.10 Å². The SMILES string of the molecule is N#Cc1ccc2nnn(C(=O)N3CCN(C(c4ccc(F)cc4)c4ccc(F)cc4)CC3)c2c1. The maximum Gasteiger partial charge on any atom is 0.346 e. The van der Waals surface area contributed by atoms with Gasteiger partial charge in [0.1, 0.15) is 22.7 Å². The van der Waals surface area contributed by atoms with E-state index < -0.39 is 0 Å². The number of carbonyl (C=O) groups is 1. The Kier molecular flexibility index (Phi) is 5.74. The number of amides is 1. The molecule has 0 atom stereocenters. The van der Waals surface area contributed by atoms with Crippen LogP contribution in [0.25, 0.3) is 11.0 Å². The highest BCUT2D eigenvalue weighted by Gasteiger charge is 2.29. The van der Waals surface area contributed by atoms with Crippen LogP contribution in [0.5, 0.6) is 0 Å². The highest BCUT2D eigenvalue weighted by Crippen LogP contribution is 2.30. The fourth-order valence-corrected chi connectivity index (χ4v) is 4.34. The molecule has 0 bridgehead atoms. The van der Waals surface area contributed by atoms with Crippen molar-refractivity contribution >= 4 is 17.1 Å². The van der Waals surface area contributed by atoms with Crippen LogP contribution in [0.15, 0.2) is 66.7 Å². The maximum absolute atomic E-state index is 13.5. The van der Waals surface area contributed by atoms with Gasteiger partial charge in [0, 0.05) is 26.2 Å². The molecule has 3 aromatic carbocycles. The summed E-state index contributed by atoms with van der Waals surface area (Å²) in [6.07, 6.45) is 0. The van der Waals surface area contributed by atoms with E-state index >= 15 is 0 Å². The van der Waals surface area contributed by atoms with Crippen LogP contribution in [0.4, 0.5) is 13.6 Å². The van der Waals surface area contributed by atoms with E-state index in [1.165, 1.54) is 28.9 Å². The smallest absolute Gasteiger partial charge is 0.320 e. The molecule has 1 saturated heterocycles. The molecular formula is C25H20F2N6O. The van der Waals surface area contributed by atoms with Crippen molar-refractivity contribution in [3.63, 3.8) is 0 Å². The van der Waals surface area contributed by atoms with Gasteiger partial charge in [-0.1, -0.05) is 29.5 Å². The van der Waals surface area contributed by atoms with Crippen LogP contribution in [-0.2, 0) is 0 Å². The van der Waals surface area contributed by atoms with Crippen molar-refractivity contribution in [1.29, 1.82) is 5.26 Å². The molecule has 5 rings (SSSR count). The van der Waals surface area contributed by atoms with Crippen molar-refractivity contribution in [1.82, 2.24) is 24.8 Å². The highest BCUT2D eigenvalue weighted by atomic mass is 19.1. The lowest BCUT2D eigenvalue weighted by Crippen LogP contribution is -2.51. The summed E-state index contributed by atoms with van der Waals surface area (Å²) >= 11 is 0. The van der Waals surface area contributed by atoms with Crippen LogP contribution in [0.2, 0.25) is 0 Å². The molecule has 2 heterocycles. The third-order valence-corrected chi connectivity index (χ3v) is 6.08. The minimum Gasteiger partial charge on any atom is -0.320 e. The number of fused-ring (bicyclic) bond motifs is 1. The second kappa shape index (κ2) is 9.00. The summed E-state index contributed by atoms with van der Waals surface area (Å²) in [6.45, 7) is 2.00. The van der Waals surface area contributed by atoms with Gasteiger partial charge in [-0.05, 0) is 53.6 Å². The first-order valence-electron chi connectivity index (χ1n) is 10.8. The fourth-order valence-electron chi connectivity index (χ4n) is 4.34. The van der Waals surface area contributed by atoms with E-state index in [1.807, 2.05) is 0 Å². The van der Waals surface area contributed by atoms with Crippen molar-refractivity contribution in [3.8, 4) is 6.07 Å². The Hall–Kier alpha value is -4.16. The van der Waals surface area contributed by atoms with Crippen LogP contribution in [0.1, 0.15) is 22.7 Å². The Morgan fingerprint density at radius 2 is 1.47 bits per heavy atom. The molecule has 0 N–H and O–H groups in total. The molecule has 1 aliphatic rings. The molecule has 9 heteroatoms. The Morgan fingerprint density at radius 1 is 0.882 bits per heavy atom. The van der Waals surface area contributed by atoms with E-state index in [2.05, 4.69) is 21.3 Å². The Balaban J connectivity index is 1.37.